The molecule has 10 heteroatoms. The fourth-order valence-corrected chi connectivity index (χ4v) is 4.73. The molecule has 1 aliphatic heterocycles. The Hall–Kier alpha value is -2.46. The fraction of sp³-hybridized carbons (Fsp3) is 0.438. The quantitative estimate of drug-likeness (QED) is 0.837. The molecule has 26 heavy (non-hydrogen) atoms. The highest BCUT2D eigenvalue weighted by Gasteiger charge is 2.31. The number of hydrogen-bond donors (Lipinski definition) is 1. The first-order valence-corrected chi connectivity index (χ1v) is 9.69. The van der Waals surface area contributed by atoms with Gasteiger partial charge in [-0.3, -0.25) is 4.79 Å². The summed E-state index contributed by atoms with van der Waals surface area (Å²) in [4.78, 5) is 14.3. The second kappa shape index (κ2) is 7.04. The Morgan fingerprint density at radius 2 is 1.92 bits per heavy atom. The average molecular weight is 379 g/mol. The zero-order valence-corrected chi connectivity index (χ0v) is 15.5. The predicted molar refractivity (Wildman–Crippen MR) is 93.9 cm³/mol. The van der Waals surface area contributed by atoms with Crippen LogP contribution < -0.4 is 5.73 Å². The molecule has 0 atom stereocenters. The summed E-state index contributed by atoms with van der Waals surface area (Å²) in [6, 6.07) is 5.37. The molecule has 2 heterocycles. The monoisotopic (exact) mass is 379 g/mol. The predicted octanol–water partition coefficient (Wildman–Crippen LogP) is 0.805. The van der Waals surface area contributed by atoms with Gasteiger partial charge in [0.15, 0.2) is 0 Å². The van der Waals surface area contributed by atoms with Crippen LogP contribution in [0.15, 0.2) is 27.7 Å². The van der Waals surface area contributed by atoms with Crippen molar-refractivity contribution < 1.29 is 17.8 Å². The highest BCUT2D eigenvalue weighted by atomic mass is 32.2. The Kier molecular flexibility index (Phi) is 4.97. The van der Waals surface area contributed by atoms with E-state index in [1.165, 1.54) is 9.21 Å². The summed E-state index contributed by atoms with van der Waals surface area (Å²) < 4.78 is 32.0. The van der Waals surface area contributed by atoms with Crippen LogP contribution in [0, 0.1) is 13.8 Å². The van der Waals surface area contributed by atoms with E-state index in [-0.39, 0.29) is 24.6 Å². The number of anilines is 1. The number of nitrogens with zero attached hydrogens (tertiary/aromatic N) is 4. The van der Waals surface area contributed by atoms with E-state index < -0.39 is 15.9 Å². The second-order valence-electron chi connectivity index (χ2n) is 6.32. The van der Waals surface area contributed by atoms with Gasteiger partial charge in [-0.05, 0) is 47.8 Å². The molecule has 1 aromatic carbocycles. The summed E-state index contributed by atoms with van der Waals surface area (Å²) in [6.07, 6.45) is 0.515. The zero-order valence-electron chi connectivity index (χ0n) is 14.7. The van der Waals surface area contributed by atoms with Crippen molar-refractivity contribution in [2.75, 3.05) is 31.9 Å². The van der Waals surface area contributed by atoms with Gasteiger partial charge in [0.05, 0.1) is 4.90 Å². The number of carbonyl (C=O) groups is 1. The number of sulfonamides is 1. The molecular formula is C16H21N5O4S. The number of nitrogen functional groups attached to an aromatic ring is 1. The second-order valence-corrected chi connectivity index (χ2v) is 8.22. The average Bonchev–Trinajstić information content (AvgIpc) is 2.87. The third kappa shape index (κ3) is 3.42. The van der Waals surface area contributed by atoms with Gasteiger partial charge in [0.2, 0.25) is 21.5 Å². The van der Waals surface area contributed by atoms with Crippen molar-refractivity contribution in [3.05, 3.63) is 35.0 Å². The number of hydrogen-bond acceptors (Lipinski definition) is 7. The molecule has 0 saturated carbocycles. The topological polar surface area (TPSA) is 123 Å². The summed E-state index contributed by atoms with van der Waals surface area (Å²) in [5.74, 6) is -0.478. The molecule has 140 valence electrons. The Labute approximate surface area is 151 Å². The van der Waals surface area contributed by atoms with Crippen LogP contribution in [-0.2, 0) is 10.0 Å². The number of rotatable bonds is 3. The lowest BCUT2D eigenvalue weighted by atomic mass is 10.2. The number of benzene rings is 1. The molecule has 0 radical (unpaired) electrons. The molecule has 1 aliphatic rings. The van der Waals surface area contributed by atoms with Crippen LogP contribution >= 0.6 is 0 Å². The van der Waals surface area contributed by atoms with Gasteiger partial charge in [-0.2, -0.15) is 4.31 Å². The summed E-state index contributed by atoms with van der Waals surface area (Å²) >= 11 is 0. The van der Waals surface area contributed by atoms with E-state index in [1.807, 2.05) is 13.0 Å². The van der Waals surface area contributed by atoms with Crippen LogP contribution in [0.1, 0.15) is 28.0 Å². The molecule has 2 aromatic rings. The van der Waals surface area contributed by atoms with Crippen molar-refractivity contribution >= 4 is 21.7 Å². The van der Waals surface area contributed by atoms with Crippen molar-refractivity contribution in [1.29, 1.82) is 0 Å². The molecule has 1 fully saturated rings. The minimum Gasteiger partial charge on any atom is -0.379 e. The first-order chi connectivity index (χ1) is 12.3. The van der Waals surface area contributed by atoms with Crippen molar-refractivity contribution in [2.45, 2.75) is 25.2 Å². The van der Waals surface area contributed by atoms with Crippen LogP contribution in [0.3, 0.4) is 0 Å². The molecule has 2 N–H and O–H groups in total. The highest BCUT2D eigenvalue weighted by molar-refractivity contribution is 7.89. The fourth-order valence-electron chi connectivity index (χ4n) is 2.96. The molecular weight excluding hydrogens is 358 g/mol. The van der Waals surface area contributed by atoms with Crippen molar-refractivity contribution in [3.63, 3.8) is 0 Å². The number of carbonyl (C=O) groups excluding carboxylic acids is 1. The Balaban J connectivity index is 1.79. The normalized spacial score (nSPS) is 16.5. The first-order valence-electron chi connectivity index (χ1n) is 8.25. The first kappa shape index (κ1) is 18.3. The lowest BCUT2D eigenvalue weighted by molar-refractivity contribution is 0.0754. The van der Waals surface area contributed by atoms with Gasteiger partial charge in [-0.15, -0.1) is 0 Å². The van der Waals surface area contributed by atoms with E-state index in [4.69, 9.17) is 5.73 Å². The van der Waals surface area contributed by atoms with Gasteiger partial charge >= 0.3 is 0 Å². The third-order valence-corrected chi connectivity index (χ3v) is 6.46. The Morgan fingerprint density at radius 1 is 1.15 bits per heavy atom. The van der Waals surface area contributed by atoms with Crippen molar-refractivity contribution in [3.8, 4) is 0 Å². The van der Waals surface area contributed by atoms with E-state index >= 15 is 0 Å². The maximum absolute atomic E-state index is 13.0. The van der Waals surface area contributed by atoms with Crippen molar-refractivity contribution in [1.82, 2.24) is 19.5 Å². The molecule has 1 aromatic heterocycles. The third-order valence-electron chi connectivity index (χ3n) is 4.42. The van der Waals surface area contributed by atoms with Crippen molar-refractivity contribution in [2.24, 2.45) is 0 Å². The minimum absolute atomic E-state index is 0.0455. The minimum atomic E-state index is -3.63. The maximum atomic E-state index is 13.0. The van der Waals surface area contributed by atoms with Gasteiger partial charge in [0.1, 0.15) is 0 Å². The summed E-state index contributed by atoms with van der Waals surface area (Å²) in [5.41, 5.74) is 7.11. The molecule has 0 spiro atoms. The van der Waals surface area contributed by atoms with E-state index in [9.17, 15) is 13.2 Å². The van der Waals surface area contributed by atoms with Crippen LogP contribution in [0.4, 0.5) is 5.82 Å². The van der Waals surface area contributed by atoms with Gasteiger partial charge in [-0.1, -0.05) is 12.1 Å². The van der Waals surface area contributed by atoms with E-state index in [0.29, 0.717) is 30.0 Å². The zero-order chi connectivity index (χ0) is 18.9. The Bertz CT molecular complexity index is 924. The summed E-state index contributed by atoms with van der Waals surface area (Å²) in [7, 11) is -3.63. The highest BCUT2D eigenvalue weighted by Crippen LogP contribution is 2.23. The number of aryl methyl sites for hydroxylation is 2. The van der Waals surface area contributed by atoms with E-state index in [1.54, 1.807) is 19.1 Å². The largest absolute Gasteiger partial charge is 0.379 e. The molecule has 9 nitrogen and oxygen atoms in total. The molecule has 0 unspecified atom stereocenters. The van der Waals surface area contributed by atoms with E-state index in [0.717, 1.165) is 5.56 Å². The van der Waals surface area contributed by atoms with Gasteiger partial charge in [0.25, 0.3) is 5.91 Å². The van der Waals surface area contributed by atoms with Gasteiger partial charge in [0, 0.05) is 26.2 Å². The van der Waals surface area contributed by atoms with Gasteiger partial charge in [-0.25, -0.2) is 13.0 Å². The molecule has 0 bridgehead atoms. The van der Waals surface area contributed by atoms with E-state index in [2.05, 4.69) is 14.9 Å². The number of aromatic nitrogens is 2. The number of nitrogens with two attached hydrogens (primary N) is 1. The molecule has 3 rings (SSSR count). The summed E-state index contributed by atoms with van der Waals surface area (Å²) in [6.45, 7) is 4.83. The summed E-state index contributed by atoms with van der Waals surface area (Å²) in [5, 5.41) is 6.93. The lowest BCUT2D eigenvalue weighted by Crippen LogP contribution is -2.37. The molecule has 0 aliphatic carbocycles. The lowest BCUT2D eigenvalue weighted by Gasteiger charge is -2.22. The molecule has 1 saturated heterocycles. The Morgan fingerprint density at radius 3 is 2.62 bits per heavy atom. The standard InChI is InChI=1S/C16H21N5O4S/c1-11-4-5-12(2)13(10-11)26(23,24)21-7-3-6-20(8-9-21)16(22)14-15(17)19-25-18-14/h4-5,10H,3,6-9H2,1-2H3,(H2,17,19). The van der Waals surface area contributed by atoms with Gasteiger partial charge < -0.3 is 10.6 Å². The van der Waals surface area contributed by atoms with Crippen LogP contribution in [0.2, 0.25) is 0 Å². The SMILES string of the molecule is Cc1ccc(C)c(S(=O)(=O)N2CCCN(C(=O)c3nonc3N)CC2)c1. The van der Waals surface area contributed by atoms with Crippen LogP contribution in [0.5, 0.6) is 0 Å². The van der Waals surface area contributed by atoms with Crippen LogP contribution in [-0.4, -0.2) is 60.0 Å². The number of amides is 1. The smallest absolute Gasteiger partial charge is 0.280 e. The molecule has 1 amide bonds. The maximum Gasteiger partial charge on any atom is 0.280 e. The van der Waals surface area contributed by atoms with Crippen LogP contribution in [0.25, 0.3) is 0 Å².